The summed E-state index contributed by atoms with van der Waals surface area (Å²) in [4.78, 5) is 0. The molecule has 1 fully saturated rings. The average Bonchev–Trinajstić information content (AvgIpc) is 2.38. The van der Waals surface area contributed by atoms with E-state index in [0.29, 0.717) is 18.6 Å². The maximum absolute atomic E-state index is 7.43. The third-order valence-electron chi connectivity index (χ3n) is 3.73. The molecule has 2 unspecified atom stereocenters. The zero-order chi connectivity index (χ0) is 13.0. The van der Waals surface area contributed by atoms with Gasteiger partial charge in [0.25, 0.3) is 0 Å². The molecule has 1 aliphatic rings. The second kappa shape index (κ2) is 6.01. The van der Waals surface area contributed by atoms with Gasteiger partial charge in [-0.05, 0) is 30.4 Å². The van der Waals surface area contributed by atoms with Gasteiger partial charge in [-0.25, -0.2) is 0 Å². The first kappa shape index (κ1) is 13.1. The predicted molar refractivity (Wildman–Crippen MR) is 73.7 cm³/mol. The van der Waals surface area contributed by atoms with Gasteiger partial charge < -0.3 is 10.5 Å². The van der Waals surface area contributed by atoms with E-state index in [9.17, 15) is 0 Å². The van der Waals surface area contributed by atoms with Crippen LogP contribution < -0.4 is 5.73 Å². The van der Waals surface area contributed by atoms with Gasteiger partial charge in [0, 0.05) is 5.56 Å². The van der Waals surface area contributed by atoms with Crippen LogP contribution in [0.2, 0.25) is 0 Å². The molecule has 0 saturated heterocycles. The van der Waals surface area contributed by atoms with Crippen LogP contribution in [0.25, 0.3) is 0 Å². The van der Waals surface area contributed by atoms with E-state index >= 15 is 0 Å². The maximum Gasteiger partial charge on any atom is 0.122 e. The molecule has 0 heterocycles. The fourth-order valence-electron chi connectivity index (χ4n) is 2.56. The lowest BCUT2D eigenvalue weighted by atomic mass is 9.88. The summed E-state index contributed by atoms with van der Waals surface area (Å²) in [7, 11) is 0. The van der Waals surface area contributed by atoms with E-state index in [4.69, 9.17) is 15.9 Å². The summed E-state index contributed by atoms with van der Waals surface area (Å²) < 4.78 is 6.00. The highest BCUT2D eigenvalue weighted by Crippen LogP contribution is 2.27. The van der Waals surface area contributed by atoms with E-state index in [1.165, 1.54) is 25.7 Å². The summed E-state index contributed by atoms with van der Waals surface area (Å²) in [6, 6.07) is 7.75. The minimum Gasteiger partial charge on any atom is -0.384 e. The third-order valence-corrected chi connectivity index (χ3v) is 3.73. The zero-order valence-electron chi connectivity index (χ0n) is 11.0. The molecule has 0 radical (unpaired) electrons. The molecule has 98 valence electrons. The van der Waals surface area contributed by atoms with Crippen LogP contribution in [0.1, 0.15) is 43.7 Å². The van der Waals surface area contributed by atoms with Crippen molar-refractivity contribution in [3.05, 3.63) is 35.4 Å². The highest BCUT2D eigenvalue weighted by atomic mass is 16.5. The van der Waals surface area contributed by atoms with Crippen LogP contribution in [0, 0.1) is 11.3 Å². The van der Waals surface area contributed by atoms with Gasteiger partial charge in [0.1, 0.15) is 5.84 Å². The minimum atomic E-state index is 0.114. The van der Waals surface area contributed by atoms with Crippen molar-refractivity contribution in [2.75, 3.05) is 0 Å². The molecule has 1 aliphatic carbocycles. The fourth-order valence-corrected chi connectivity index (χ4v) is 2.56. The molecule has 3 nitrogen and oxygen atoms in total. The Kier molecular flexibility index (Phi) is 4.37. The van der Waals surface area contributed by atoms with Crippen molar-refractivity contribution in [1.29, 1.82) is 5.41 Å². The van der Waals surface area contributed by atoms with Crippen LogP contribution in [0.4, 0.5) is 0 Å². The Balaban J connectivity index is 1.93. The summed E-state index contributed by atoms with van der Waals surface area (Å²) in [5.74, 6) is 0.776. The van der Waals surface area contributed by atoms with E-state index in [1.54, 1.807) is 0 Å². The first-order valence-electron chi connectivity index (χ1n) is 6.72. The second-order valence-electron chi connectivity index (χ2n) is 5.23. The number of nitrogens with two attached hydrogens (primary N) is 1. The van der Waals surface area contributed by atoms with Gasteiger partial charge in [0.2, 0.25) is 0 Å². The normalized spacial score (nSPS) is 23.8. The summed E-state index contributed by atoms with van der Waals surface area (Å²) in [5.41, 5.74) is 7.35. The summed E-state index contributed by atoms with van der Waals surface area (Å²) in [6.45, 7) is 2.89. The Labute approximate surface area is 109 Å². The summed E-state index contributed by atoms with van der Waals surface area (Å²) in [5, 5.41) is 7.43. The monoisotopic (exact) mass is 246 g/mol. The SMILES string of the molecule is CC1CCCCC1OCc1cccc(C(=N)N)c1. The molecule has 1 saturated carbocycles. The fraction of sp³-hybridized carbons (Fsp3) is 0.533. The molecule has 1 aromatic carbocycles. The number of ether oxygens (including phenoxy) is 1. The van der Waals surface area contributed by atoms with Gasteiger partial charge in [-0.15, -0.1) is 0 Å². The molecule has 3 heteroatoms. The smallest absolute Gasteiger partial charge is 0.122 e. The van der Waals surface area contributed by atoms with Crippen molar-refractivity contribution in [2.45, 2.75) is 45.3 Å². The lowest BCUT2D eigenvalue weighted by molar-refractivity contribution is -0.0154. The van der Waals surface area contributed by atoms with E-state index in [0.717, 1.165) is 11.1 Å². The van der Waals surface area contributed by atoms with Crippen molar-refractivity contribution in [3.8, 4) is 0 Å². The molecule has 1 aromatic rings. The molecule has 0 aliphatic heterocycles. The van der Waals surface area contributed by atoms with Crippen molar-refractivity contribution in [3.63, 3.8) is 0 Å². The van der Waals surface area contributed by atoms with Gasteiger partial charge >= 0.3 is 0 Å². The Morgan fingerprint density at radius 2 is 2.17 bits per heavy atom. The quantitative estimate of drug-likeness (QED) is 0.633. The largest absolute Gasteiger partial charge is 0.384 e. The Hall–Kier alpha value is -1.35. The molecule has 0 spiro atoms. The van der Waals surface area contributed by atoms with Crippen molar-refractivity contribution in [1.82, 2.24) is 0 Å². The van der Waals surface area contributed by atoms with E-state index < -0.39 is 0 Å². The molecule has 3 N–H and O–H groups in total. The van der Waals surface area contributed by atoms with Gasteiger partial charge in [0.15, 0.2) is 0 Å². The van der Waals surface area contributed by atoms with Crippen molar-refractivity contribution in [2.24, 2.45) is 11.7 Å². The lowest BCUT2D eigenvalue weighted by Crippen LogP contribution is -2.25. The van der Waals surface area contributed by atoms with E-state index in [2.05, 4.69) is 6.92 Å². The molecule has 18 heavy (non-hydrogen) atoms. The molecule has 2 rings (SSSR count). The molecule has 0 aromatic heterocycles. The van der Waals surface area contributed by atoms with Crippen LogP contribution in [0.5, 0.6) is 0 Å². The predicted octanol–water partition coefficient (Wildman–Crippen LogP) is 3.07. The maximum atomic E-state index is 7.43. The van der Waals surface area contributed by atoms with Gasteiger partial charge in [0.05, 0.1) is 12.7 Å². The molecule has 0 amide bonds. The highest BCUT2D eigenvalue weighted by Gasteiger charge is 2.21. The molecular formula is C15H22N2O. The molecule has 0 bridgehead atoms. The number of hydrogen-bond donors (Lipinski definition) is 2. The second-order valence-corrected chi connectivity index (χ2v) is 5.23. The van der Waals surface area contributed by atoms with Crippen molar-refractivity contribution < 1.29 is 4.74 Å². The van der Waals surface area contributed by atoms with Crippen LogP contribution in [-0.2, 0) is 11.3 Å². The van der Waals surface area contributed by atoms with E-state index in [-0.39, 0.29) is 5.84 Å². The highest BCUT2D eigenvalue weighted by molar-refractivity contribution is 5.95. The number of hydrogen-bond acceptors (Lipinski definition) is 2. The summed E-state index contributed by atoms with van der Waals surface area (Å²) in [6.07, 6.45) is 5.45. The lowest BCUT2D eigenvalue weighted by Gasteiger charge is -2.28. The average molecular weight is 246 g/mol. The zero-order valence-corrected chi connectivity index (χ0v) is 11.0. The topological polar surface area (TPSA) is 59.1 Å². The van der Waals surface area contributed by atoms with Crippen LogP contribution in [0.3, 0.4) is 0 Å². The minimum absolute atomic E-state index is 0.114. The van der Waals surface area contributed by atoms with Crippen molar-refractivity contribution >= 4 is 5.84 Å². The Morgan fingerprint density at radius 1 is 1.39 bits per heavy atom. The first-order chi connectivity index (χ1) is 8.66. The van der Waals surface area contributed by atoms with Gasteiger partial charge in [-0.2, -0.15) is 0 Å². The standard InChI is InChI=1S/C15H22N2O/c1-11-5-2-3-8-14(11)18-10-12-6-4-7-13(9-12)15(16)17/h4,6-7,9,11,14H,2-3,5,8,10H2,1H3,(H3,16,17). The number of amidine groups is 1. The van der Waals surface area contributed by atoms with Crippen LogP contribution in [0.15, 0.2) is 24.3 Å². The molecular weight excluding hydrogens is 224 g/mol. The Bertz CT molecular complexity index is 417. The van der Waals surface area contributed by atoms with E-state index in [1.807, 2.05) is 24.3 Å². The third kappa shape index (κ3) is 3.33. The summed E-state index contributed by atoms with van der Waals surface area (Å²) >= 11 is 0. The number of benzene rings is 1. The van der Waals surface area contributed by atoms with Gasteiger partial charge in [-0.1, -0.05) is 38.0 Å². The van der Waals surface area contributed by atoms with Gasteiger partial charge in [-0.3, -0.25) is 5.41 Å². The number of rotatable bonds is 4. The number of nitrogen functional groups attached to an aromatic ring is 1. The van der Waals surface area contributed by atoms with Crippen LogP contribution >= 0.6 is 0 Å². The molecule has 2 atom stereocenters. The Morgan fingerprint density at radius 3 is 2.89 bits per heavy atom. The first-order valence-corrected chi connectivity index (χ1v) is 6.72. The number of nitrogens with one attached hydrogen (secondary N) is 1. The van der Waals surface area contributed by atoms with Crippen LogP contribution in [-0.4, -0.2) is 11.9 Å².